The van der Waals surface area contributed by atoms with Gasteiger partial charge in [-0.05, 0) is 50.3 Å². The number of benzene rings is 1. The van der Waals surface area contributed by atoms with E-state index in [1.807, 2.05) is 24.2 Å². The van der Waals surface area contributed by atoms with Crippen LogP contribution in [-0.2, 0) is 17.8 Å². The minimum atomic E-state index is -0.266. The monoisotopic (exact) mass is 329 g/mol. The molecule has 1 atom stereocenters. The first-order valence-corrected chi connectivity index (χ1v) is 8.65. The van der Waals surface area contributed by atoms with Crippen molar-refractivity contribution in [3.05, 3.63) is 53.9 Å². The van der Waals surface area contributed by atoms with Gasteiger partial charge in [-0.15, -0.1) is 0 Å². The van der Waals surface area contributed by atoms with Gasteiger partial charge in [0.15, 0.2) is 0 Å². The lowest BCUT2D eigenvalue weighted by atomic mass is 9.98. The normalized spacial score (nSPS) is 17.9. The second-order valence-electron chi connectivity index (χ2n) is 6.50. The summed E-state index contributed by atoms with van der Waals surface area (Å²) in [6.45, 7) is 3.71. The van der Waals surface area contributed by atoms with Gasteiger partial charge in [-0.3, -0.25) is 4.79 Å². The highest BCUT2D eigenvalue weighted by atomic mass is 19.1. The van der Waals surface area contributed by atoms with Crippen molar-refractivity contribution in [3.8, 4) is 0 Å². The van der Waals surface area contributed by atoms with E-state index in [4.69, 9.17) is 0 Å². The van der Waals surface area contributed by atoms with Gasteiger partial charge in [0.2, 0.25) is 5.91 Å². The van der Waals surface area contributed by atoms with Crippen molar-refractivity contribution in [2.24, 2.45) is 0 Å². The van der Waals surface area contributed by atoms with Crippen molar-refractivity contribution in [1.29, 1.82) is 0 Å². The Kier molecular flexibility index (Phi) is 5.28. The highest BCUT2D eigenvalue weighted by Crippen LogP contribution is 2.22. The molecule has 1 amide bonds. The maximum absolute atomic E-state index is 13.0. The van der Waals surface area contributed by atoms with Gasteiger partial charge in [0, 0.05) is 31.5 Å². The minimum absolute atomic E-state index is 0.147. The fraction of sp³-hybridized carbons (Fsp3) is 0.474. The summed E-state index contributed by atoms with van der Waals surface area (Å²) >= 11 is 0. The number of hydrogen-bond acceptors (Lipinski definition) is 2. The maximum Gasteiger partial charge on any atom is 0.227 e. The number of aromatic nitrogens is 2. The Balaban J connectivity index is 1.61. The van der Waals surface area contributed by atoms with Crippen LogP contribution in [0.4, 0.5) is 4.39 Å². The number of imidazole rings is 1. The molecule has 1 saturated heterocycles. The molecule has 1 fully saturated rings. The van der Waals surface area contributed by atoms with Crippen molar-refractivity contribution in [2.75, 3.05) is 6.54 Å². The van der Waals surface area contributed by atoms with Crippen LogP contribution in [0, 0.1) is 12.7 Å². The fourth-order valence-corrected chi connectivity index (χ4v) is 3.44. The average Bonchev–Trinajstić information content (AvgIpc) is 3.00. The standard InChI is InChI=1S/C19H24FN3O/c1-15-21-10-13-22(15)12-9-18-4-2-3-11-23(18)19(24)14-16-5-7-17(20)8-6-16/h5-8,10,13,18H,2-4,9,11-12,14H2,1H3/t18-/m0/s1. The van der Waals surface area contributed by atoms with Crippen LogP contribution in [-0.4, -0.2) is 32.9 Å². The molecule has 1 aromatic heterocycles. The zero-order chi connectivity index (χ0) is 16.9. The lowest BCUT2D eigenvalue weighted by Gasteiger charge is -2.36. The molecule has 0 bridgehead atoms. The van der Waals surface area contributed by atoms with E-state index in [1.165, 1.54) is 18.6 Å². The van der Waals surface area contributed by atoms with Gasteiger partial charge in [0.05, 0.1) is 6.42 Å². The summed E-state index contributed by atoms with van der Waals surface area (Å²) in [5, 5.41) is 0. The maximum atomic E-state index is 13.0. The number of hydrogen-bond donors (Lipinski definition) is 0. The van der Waals surface area contributed by atoms with E-state index in [2.05, 4.69) is 9.55 Å². The lowest BCUT2D eigenvalue weighted by Crippen LogP contribution is -2.44. The Labute approximate surface area is 142 Å². The Morgan fingerprint density at radius 2 is 2.08 bits per heavy atom. The van der Waals surface area contributed by atoms with Gasteiger partial charge in [-0.25, -0.2) is 9.37 Å². The van der Waals surface area contributed by atoms with Gasteiger partial charge < -0.3 is 9.47 Å². The van der Waals surface area contributed by atoms with E-state index < -0.39 is 0 Å². The minimum Gasteiger partial charge on any atom is -0.339 e. The van der Waals surface area contributed by atoms with Crippen molar-refractivity contribution >= 4 is 5.91 Å². The molecule has 4 nitrogen and oxygen atoms in total. The Hall–Kier alpha value is -2.17. The van der Waals surface area contributed by atoms with E-state index in [0.717, 1.165) is 43.7 Å². The molecule has 5 heteroatoms. The van der Waals surface area contributed by atoms with E-state index >= 15 is 0 Å². The molecule has 1 aliphatic rings. The van der Waals surface area contributed by atoms with Crippen LogP contribution in [0.5, 0.6) is 0 Å². The third kappa shape index (κ3) is 4.02. The van der Waals surface area contributed by atoms with Crippen LogP contribution in [0.1, 0.15) is 37.1 Å². The summed E-state index contributed by atoms with van der Waals surface area (Å²) < 4.78 is 15.1. The van der Waals surface area contributed by atoms with Gasteiger partial charge in [0.25, 0.3) is 0 Å². The predicted molar refractivity (Wildman–Crippen MR) is 91.0 cm³/mol. The first-order chi connectivity index (χ1) is 11.6. The van der Waals surface area contributed by atoms with E-state index in [9.17, 15) is 9.18 Å². The Bertz CT molecular complexity index is 680. The first kappa shape index (κ1) is 16.7. The smallest absolute Gasteiger partial charge is 0.227 e. The van der Waals surface area contributed by atoms with Crippen molar-refractivity contribution in [3.63, 3.8) is 0 Å². The molecule has 3 rings (SSSR count). The third-order valence-corrected chi connectivity index (χ3v) is 4.84. The number of carbonyl (C=O) groups excluding carboxylic acids is 1. The fourth-order valence-electron chi connectivity index (χ4n) is 3.44. The first-order valence-electron chi connectivity index (χ1n) is 8.65. The van der Waals surface area contributed by atoms with Crippen LogP contribution < -0.4 is 0 Å². The molecule has 2 heterocycles. The number of amides is 1. The average molecular weight is 329 g/mol. The molecular formula is C19H24FN3O. The molecule has 0 N–H and O–H groups in total. The molecular weight excluding hydrogens is 305 g/mol. The molecule has 128 valence electrons. The molecule has 0 saturated carbocycles. The van der Waals surface area contributed by atoms with E-state index in [0.29, 0.717) is 6.42 Å². The second-order valence-corrected chi connectivity index (χ2v) is 6.50. The zero-order valence-corrected chi connectivity index (χ0v) is 14.1. The van der Waals surface area contributed by atoms with Gasteiger partial charge in [-0.1, -0.05) is 12.1 Å². The van der Waals surface area contributed by atoms with Gasteiger partial charge >= 0.3 is 0 Å². The van der Waals surface area contributed by atoms with Crippen LogP contribution in [0.3, 0.4) is 0 Å². The van der Waals surface area contributed by atoms with Gasteiger partial charge in [-0.2, -0.15) is 0 Å². The zero-order valence-electron chi connectivity index (χ0n) is 14.1. The lowest BCUT2D eigenvalue weighted by molar-refractivity contribution is -0.134. The quantitative estimate of drug-likeness (QED) is 0.844. The topological polar surface area (TPSA) is 38.1 Å². The number of nitrogens with zero attached hydrogens (tertiary/aromatic N) is 3. The summed E-state index contributed by atoms with van der Waals surface area (Å²) in [6, 6.07) is 6.51. The number of piperidine rings is 1. The Morgan fingerprint density at radius 3 is 2.79 bits per heavy atom. The SMILES string of the molecule is Cc1nccn1CC[C@@H]1CCCCN1C(=O)Cc1ccc(F)cc1. The molecule has 1 aliphatic heterocycles. The summed E-state index contributed by atoms with van der Waals surface area (Å²) in [7, 11) is 0. The van der Waals surface area contributed by atoms with Crippen LogP contribution in [0.2, 0.25) is 0 Å². The largest absolute Gasteiger partial charge is 0.339 e. The molecule has 0 aliphatic carbocycles. The number of halogens is 1. The molecule has 0 spiro atoms. The van der Waals surface area contributed by atoms with Gasteiger partial charge in [0.1, 0.15) is 11.6 Å². The number of aryl methyl sites for hydroxylation is 2. The summed E-state index contributed by atoms with van der Waals surface area (Å²) in [5.74, 6) is 0.890. The molecule has 1 aromatic carbocycles. The summed E-state index contributed by atoms with van der Waals surface area (Å²) in [4.78, 5) is 19.0. The van der Waals surface area contributed by atoms with Crippen LogP contribution >= 0.6 is 0 Å². The summed E-state index contributed by atoms with van der Waals surface area (Å²) in [6.07, 6.45) is 8.40. The molecule has 0 unspecified atom stereocenters. The van der Waals surface area contributed by atoms with Crippen molar-refractivity contribution < 1.29 is 9.18 Å². The number of carbonyl (C=O) groups is 1. The molecule has 24 heavy (non-hydrogen) atoms. The third-order valence-electron chi connectivity index (χ3n) is 4.84. The number of likely N-dealkylation sites (tertiary alicyclic amines) is 1. The Morgan fingerprint density at radius 1 is 1.29 bits per heavy atom. The highest BCUT2D eigenvalue weighted by molar-refractivity contribution is 5.79. The van der Waals surface area contributed by atoms with E-state index in [1.54, 1.807) is 12.1 Å². The highest BCUT2D eigenvalue weighted by Gasteiger charge is 2.26. The predicted octanol–water partition coefficient (Wildman–Crippen LogP) is 3.34. The second kappa shape index (κ2) is 7.60. The van der Waals surface area contributed by atoms with Crippen LogP contribution in [0.25, 0.3) is 0 Å². The molecule has 0 radical (unpaired) electrons. The van der Waals surface area contributed by atoms with Crippen molar-refractivity contribution in [1.82, 2.24) is 14.5 Å². The van der Waals surface area contributed by atoms with E-state index in [-0.39, 0.29) is 17.8 Å². The van der Waals surface area contributed by atoms with Crippen molar-refractivity contribution in [2.45, 2.75) is 51.6 Å². The number of rotatable bonds is 5. The molecule has 2 aromatic rings. The van der Waals surface area contributed by atoms with Crippen LogP contribution in [0.15, 0.2) is 36.7 Å². The summed E-state index contributed by atoms with van der Waals surface area (Å²) in [5.41, 5.74) is 0.871.